The van der Waals surface area contributed by atoms with Gasteiger partial charge >= 0.3 is 0 Å². The molecule has 14 heavy (non-hydrogen) atoms. The van der Waals surface area contributed by atoms with Crippen LogP contribution in [-0.2, 0) is 4.79 Å². The molecule has 0 aromatic rings. The average Bonchev–Trinajstić information content (AvgIpc) is 2.03. The number of carbonyl (C=O) groups is 1. The number of nitrogens with one attached hydrogen (secondary N) is 1. The lowest BCUT2D eigenvalue weighted by Crippen LogP contribution is -2.40. The van der Waals surface area contributed by atoms with E-state index in [1.54, 1.807) is 11.8 Å². The van der Waals surface area contributed by atoms with Gasteiger partial charge in [-0.1, -0.05) is 20.8 Å². The summed E-state index contributed by atoms with van der Waals surface area (Å²) in [5, 5.41) is 2.85. The van der Waals surface area contributed by atoms with Crippen molar-refractivity contribution in [1.82, 2.24) is 5.32 Å². The molecule has 0 aliphatic rings. The molecule has 1 amide bonds. The maximum absolute atomic E-state index is 11.4. The minimum Gasteiger partial charge on any atom is -0.355 e. The van der Waals surface area contributed by atoms with E-state index in [4.69, 9.17) is 5.73 Å². The van der Waals surface area contributed by atoms with Crippen molar-refractivity contribution in [2.75, 3.05) is 18.6 Å². The Morgan fingerprint density at radius 3 is 2.50 bits per heavy atom. The molecule has 0 saturated carbocycles. The predicted octanol–water partition coefficient (Wildman–Crippen LogP) is 1.23. The van der Waals surface area contributed by atoms with Crippen molar-refractivity contribution in [3.05, 3.63) is 0 Å². The summed E-state index contributed by atoms with van der Waals surface area (Å²) >= 11 is 1.72. The molecule has 0 fully saturated rings. The molecule has 0 heterocycles. The number of amides is 1. The van der Waals surface area contributed by atoms with Crippen molar-refractivity contribution < 1.29 is 4.79 Å². The van der Waals surface area contributed by atoms with Crippen LogP contribution in [-0.4, -0.2) is 30.5 Å². The third-order valence-corrected chi connectivity index (χ3v) is 2.76. The molecule has 0 aliphatic heterocycles. The van der Waals surface area contributed by atoms with Crippen LogP contribution in [0.15, 0.2) is 0 Å². The van der Waals surface area contributed by atoms with Gasteiger partial charge in [-0.15, -0.1) is 0 Å². The Labute approximate surface area is 91.2 Å². The van der Waals surface area contributed by atoms with Gasteiger partial charge in [-0.25, -0.2) is 0 Å². The second-order valence-corrected chi connectivity index (χ2v) is 5.50. The van der Waals surface area contributed by atoms with Crippen LogP contribution in [0.3, 0.4) is 0 Å². The highest BCUT2D eigenvalue weighted by Crippen LogP contribution is 2.19. The zero-order valence-electron chi connectivity index (χ0n) is 9.59. The summed E-state index contributed by atoms with van der Waals surface area (Å²) in [6.45, 7) is 6.88. The number of hydrogen-bond acceptors (Lipinski definition) is 3. The maximum atomic E-state index is 11.4. The van der Waals surface area contributed by atoms with E-state index in [-0.39, 0.29) is 17.4 Å². The van der Waals surface area contributed by atoms with Crippen molar-refractivity contribution in [2.24, 2.45) is 11.1 Å². The Morgan fingerprint density at radius 1 is 1.50 bits per heavy atom. The van der Waals surface area contributed by atoms with E-state index in [9.17, 15) is 4.79 Å². The lowest BCUT2D eigenvalue weighted by Gasteiger charge is -2.26. The Kier molecular flexibility index (Phi) is 6.20. The summed E-state index contributed by atoms with van der Waals surface area (Å²) in [4.78, 5) is 11.4. The first-order valence-corrected chi connectivity index (χ1v) is 6.28. The predicted molar refractivity (Wildman–Crippen MR) is 63.4 cm³/mol. The molecule has 0 aliphatic carbocycles. The highest BCUT2D eigenvalue weighted by molar-refractivity contribution is 7.98. The quantitative estimate of drug-likeness (QED) is 0.682. The van der Waals surface area contributed by atoms with Crippen molar-refractivity contribution in [1.29, 1.82) is 0 Å². The highest BCUT2D eigenvalue weighted by atomic mass is 32.2. The zero-order valence-corrected chi connectivity index (χ0v) is 10.4. The Morgan fingerprint density at radius 2 is 2.07 bits per heavy atom. The van der Waals surface area contributed by atoms with Gasteiger partial charge in [0.05, 0.1) is 0 Å². The van der Waals surface area contributed by atoms with Gasteiger partial charge in [0.2, 0.25) is 5.91 Å². The molecule has 0 rings (SSSR count). The van der Waals surface area contributed by atoms with Gasteiger partial charge in [0, 0.05) is 24.8 Å². The van der Waals surface area contributed by atoms with Gasteiger partial charge in [0.15, 0.2) is 0 Å². The lowest BCUT2D eigenvalue weighted by atomic mass is 9.85. The molecule has 4 heteroatoms. The van der Waals surface area contributed by atoms with E-state index in [2.05, 4.69) is 5.32 Å². The average molecular weight is 218 g/mol. The normalized spacial score (nSPS) is 13.8. The maximum Gasteiger partial charge on any atom is 0.221 e. The fourth-order valence-electron chi connectivity index (χ4n) is 0.871. The van der Waals surface area contributed by atoms with Crippen molar-refractivity contribution in [3.63, 3.8) is 0 Å². The molecule has 0 saturated heterocycles. The summed E-state index contributed by atoms with van der Waals surface area (Å²) in [5.74, 6) is 1.01. The Hall–Kier alpha value is -0.220. The van der Waals surface area contributed by atoms with Crippen LogP contribution in [0, 0.1) is 5.41 Å². The highest BCUT2D eigenvalue weighted by Gasteiger charge is 2.22. The summed E-state index contributed by atoms with van der Waals surface area (Å²) in [7, 11) is 0. The standard InChI is InChI=1S/C10H22N2OS/c1-10(2,3)8(11)7-9(13)12-5-6-14-4/h8H,5-7,11H2,1-4H3,(H,12,13). The first kappa shape index (κ1) is 13.8. The third-order valence-electron chi connectivity index (χ3n) is 2.15. The van der Waals surface area contributed by atoms with Crippen LogP contribution in [0.2, 0.25) is 0 Å². The first-order chi connectivity index (χ1) is 6.38. The third kappa shape index (κ3) is 6.27. The number of nitrogens with two attached hydrogens (primary N) is 1. The topological polar surface area (TPSA) is 55.1 Å². The molecule has 0 radical (unpaired) electrons. The Bertz CT molecular complexity index is 177. The summed E-state index contributed by atoms with van der Waals surface area (Å²) in [6, 6.07) is -0.0724. The van der Waals surface area contributed by atoms with Gasteiger partial charge in [-0.05, 0) is 11.7 Å². The van der Waals surface area contributed by atoms with E-state index in [1.807, 2.05) is 27.0 Å². The van der Waals surface area contributed by atoms with Gasteiger partial charge in [0.1, 0.15) is 0 Å². The number of rotatable bonds is 5. The largest absolute Gasteiger partial charge is 0.355 e. The molecule has 0 spiro atoms. The number of hydrogen-bond donors (Lipinski definition) is 2. The zero-order chi connectivity index (χ0) is 11.2. The van der Waals surface area contributed by atoms with Crippen LogP contribution in [0.25, 0.3) is 0 Å². The van der Waals surface area contributed by atoms with Crippen molar-refractivity contribution in [3.8, 4) is 0 Å². The lowest BCUT2D eigenvalue weighted by molar-refractivity contribution is -0.121. The van der Waals surface area contributed by atoms with Crippen LogP contribution in [0.1, 0.15) is 27.2 Å². The van der Waals surface area contributed by atoms with Crippen LogP contribution >= 0.6 is 11.8 Å². The molecular weight excluding hydrogens is 196 g/mol. The molecular formula is C10H22N2OS. The van der Waals surface area contributed by atoms with E-state index in [0.29, 0.717) is 6.42 Å². The molecule has 84 valence electrons. The van der Waals surface area contributed by atoms with Crippen LogP contribution in [0.4, 0.5) is 0 Å². The van der Waals surface area contributed by atoms with E-state index in [0.717, 1.165) is 12.3 Å². The summed E-state index contributed by atoms with van der Waals surface area (Å²) < 4.78 is 0. The minimum atomic E-state index is -0.0724. The van der Waals surface area contributed by atoms with E-state index >= 15 is 0 Å². The summed E-state index contributed by atoms with van der Waals surface area (Å²) in [6.07, 6.45) is 2.44. The molecule has 0 bridgehead atoms. The van der Waals surface area contributed by atoms with Gasteiger partial charge in [0.25, 0.3) is 0 Å². The number of carbonyl (C=O) groups excluding carboxylic acids is 1. The van der Waals surface area contributed by atoms with Crippen molar-refractivity contribution >= 4 is 17.7 Å². The Balaban J connectivity index is 3.72. The minimum absolute atomic E-state index is 0.00313. The van der Waals surface area contributed by atoms with Crippen molar-refractivity contribution in [2.45, 2.75) is 33.2 Å². The fourth-order valence-corrected chi connectivity index (χ4v) is 1.18. The van der Waals surface area contributed by atoms with E-state index < -0.39 is 0 Å². The SMILES string of the molecule is CSCCNC(=O)CC(N)C(C)(C)C. The van der Waals surface area contributed by atoms with Crippen LogP contribution in [0.5, 0.6) is 0 Å². The molecule has 3 nitrogen and oxygen atoms in total. The molecule has 0 aromatic carbocycles. The number of thioether (sulfide) groups is 1. The molecule has 1 atom stereocenters. The molecule has 1 unspecified atom stereocenters. The van der Waals surface area contributed by atoms with Gasteiger partial charge in [-0.2, -0.15) is 11.8 Å². The second kappa shape index (κ2) is 6.30. The molecule has 0 aromatic heterocycles. The first-order valence-electron chi connectivity index (χ1n) is 4.89. The summed E-state index contributed by atoms with van der Waals surface area (Å²) in [5.41, 5.74) is 5.89. The monoisotopic (exact) mass is 218 g/mol. The van der Waals surface area contributed by atoms with Gasteiger partial charge < -0.3 is 11.1 Å². The van der Waals surface area contributed by atoms with E-state index in [1.165, 1.54) is 0 Å². The van der Waals surface area contributed by atoms with Crippen LogP contribution < -0.4 is 11.1 Å². The second-order valence-electron chi connectivity index (χ2n) is 4.52. The van der Waals surface area contributed by atoms with Gasteiger partial charge in [-0.3, -0.25) is 4.79 Å². The molecule has 3 N–H and O–H groups in total. The smallest absolute Gasteiger partial charge is 0.221 e. The fraction of sp³-hybridized carbons (Fsp3) is 0.900.